The molecule has 0 heterocycles. The summed E-state index contributed by atoms with van der Waals surface area (Å²) in [7, 11) is 0. The van der Waals surface area contributed by atoms with Crippen LogP contribution in [0.5, 0.6) is 0 Å². The predicted molar refractivity (Wildman–Crippen MR) is 68.1 cm³/mol. The van der Waals surface area contributed by atoms with Gasteiger partial charge in [-0.05, 0) is 40.8 Å². The van der Waals surface area contributed by atoms with E-state index in [9.17, 15) is 18.0 Å². The highest BCUT2D eigenvalue weighted by Gasteiger charge is 2.27. The maximum absolute atomic E-state index is 11.9. The largest absolute Gasteiger partial charge is 0.389 e. The molecule has 2 nitrogen and oxygen atoms in total. The summed E-state index contributed by atoms with van der Waals surface area (Å²) in [5.74, 6) is -0.703. The molecule has 0 saturated carbocycles. The topological polar surface area (TPSA) is 29.1 Å². The van der Waals surface area contributed by atoms with Crippen LogP contribution in [0, 0.1) is 3.57 Å². The summed E-state index contributed by atoms with van der Waals surface area (Å²) in [6.45, 7) is 0. The summed E-state index contributed by atoms with van der Waals surface area (Å²) in [4.78, 5) is 11.2. The molecule has 0 aliphatic carbocycles. The van der Waals surface area contributed by atoms with Crippen LogP contribution in [0.1, 0.15) is 12.8 Å². The van der Waals surface area contributed by atoms with Crippen LogP contribution in [0.4, 0.5) is 18.9 Å². The van der Waals surface area contributed by atoms with Gasteiger partial charge >= 0.3 is 6.18 Å². The molecule has 1 amide bonds. The third-order valence-electron chi connectivity index (χ3n) is 1.84. The number of hydrogen-bond donors (Lipinski definition) is 1. The van der Waals surface area contributed by atoms with Crippen LogP contribution in [-0.2, 0) is 4.79 Å². The molecule has 1 rings (SSSR count). The average Bonchev–Trinajstić information content (AvgIpc) is 2.18. The molecule has 17 heavy (non-hydrogen) atoms. The second kappa shape index (κ2) is 5.90. The number of benzene rings is 1. The van der Waals surface area contributed by atoms with Crippen LogP contribution in [0.3, 0.4) is 0 Å². The molecule has 0 atom stereocenters. The lowest BCUT2D eigenvalue weighted by atomic mass is 10.2. The number of hydrogen-bond acceptors (Lipinski definition) is 1. The van der Waals surface area contributed by atoms with Gasteiger partial charge in [-0.2, -0.15) is 13.2 Å². The van der Waals surface area contributed by atoms with Crippen molar-refractivity contribution >= 4 is 45.8 Å². The Hall–Kier alpha value is -0.500. The van der Waals surface area contributed by atoms with Crippen molar-refractivity contribution in [3.05, 3.63) is 26.8 Å². The maximum Gasteiger partial charge on any atom is 0.389 e. The lowest BCUT2D eigenvalue weighted by molar-refractivity contribution is -0.142. The molecule has 7 heteroatoms. The Kier molecular flexibility index (Phi) is 5.05. The molecule has 0 saturated heterocycles. The lowest BCUT2D eigenvalue weighted by Crippen LogP contribution is -2.16. The molecular weight excluding hydrogens is 369 g/mol. The van der Waals surface area contributed by atoms with Gasteiger partial charge in [-0.3, -0.25) is 4.79 Å². The fourth-order valence-electron chi connectivity index (χ4n) is 1.06. The maximum atomic E-state index is 11.9. The SMILES string of the molecule is O=C(CCC(F)(F)F)Nc1ccc(I)cc1Cl. The molecule has 0 fully saturated rings. The van der Waals surface area contributed by atoms with Crippen molar-refractivity contribution in [1.29, 1.82) is 0 Å². The van der Waals surface area contributed by atoms with Crippen LogP contribution in [0.15, 0.2) is 18.2 Å². The Morgan fingerprint density at radius 3 is 2.59 bits per heavy atom. The summed E-state index contributed by atoms with van der Waals surface area (Å²) in [6.07, 6.45) is -6.07. The number of amides is 1. The van der Waals surface area contributed by atoms with Crippen molar-refractivity contribution in [2.24, 2.45) is 0 Å². The van der Waals surface area contributed by atoms with Crippen molar-refractivity contribution in [2.45, 2.75) is 19.0 Å². The van der Waals surface area contributed by atoms with E-state index in [2.05, 4.69) is 5.32 Å². The molecule has 0 unspecified atom stereocenters. The minimum Gasteiger partial charge on any atom is -0.325 e. The van der Waals surface area contributed by atoms with E-state index in [1.165, 1.54) is 0 Å². The smallest absolute Gasteiger partial charge is 0.325 e. The fourth-order valence-corrected chi connectivity index (χ4v) is 1.96. The van der Waals surface area contributed by atoms with Gasteiger partial charge in [0.1, 0.15) is 0 Å². The minimum absolute atomic E-state index is 0.303. The van der Waals surface area contributed by atoms with Gasteiger partial charge in [-0.1, -0.05) is 11.6 Å². The Bertz CT molecular complexity index is 423. The second-order valence-electron chi connectivity index (χ2n) is 3.29. The summed E-state index contributed by atoms with van der Waals surface area (Å²) < 4.78 is 36.5. The molecule has 1 N–H and O–H groups in total. The first kappa shape index (κ1) is 14.6. The van der Waals surface area contributed by atoms with Crippen LogP contribution in [0.25, 0.3) is 0 Å². The van der Waals surface area contributed by atoms with Crippen molar-refractivity contribution in [3.63, 3.8) is 0 Å². The van der Waals surface area contributed by atoms with Gasteiger partial charge in [0.15, 0.2) is 0 Å². The number of rotatable bonds is 3. The predicted octanol–water partition coefficient (Wildman–Crippen LogP) is 4.23. The van der Waals surface area contributed by atoms with Gasteiger partial charge < -0.3 is 5.32 Å². The number of nitrogens with one attached hydrogen (secondary N) is 1. The van der Waals surface area contributed by atoms with E-state index in [1.807, 2.05) is 22.6 Å². The van der Waals surface area contributed by atoms with E-state index in [0.29, 0.717) is 10.7 Å². The molecule has 0 radical (unpaired) electrons. The number of alkyl halides is 3. The Morgan fingerprint density at radius 2 is 2.06 bits per heavy atom. The molecule has 0 bridgehead atoms. The number of anilines is 1. The van der Waals surface area contributed by atoms with E-state index in [4.69, 9.17) is 11.6 Å². The summed E-state index contributed by atoms with van der Waals surface area (Å²) >= 11 is 7.86. The van der Waals surface area contributed by atoms with E-state index in [-0.39, 0.29) is 0 Å². The fraction of sp³-hybridized carbons (Fsp3) is 0.300. The van der Waals surface area contributed by atoms with Gasteiger partial charge in [0.05, 0.1) is 17.1 Å². The Morgan fingerprint density at radius 1 is 1.41 bits per heavy atom. The first-order valence-electron chi connectivity index (χ1n) is 4.59. The van der Waals surface area contributed by atoms with Crippen molar-refractivity contribution < 1.29 is 18.0 Å². The van der Waals surface area contributed by atoms with Crippen LogP contribution >= 0.6 is 34.2 Å². The van der Waals surface area contributed by atoms with E-state index >= 15 is 0 Å². The zero-order chi connectivity index (χ0) is 13.1. The highest BCUT2D eigenvalue weighted by molar-refractivity contribution is 14.1. The minimum atomic E-state index is -4.33. The molecule has 1 aromatic carbocycles. The van der Waals surface area contributed by atoms with Crippen LogP contribution in [0.2, 0.25) is 5.02 Å². The third kappa shape index (κ3) is 5.58. The monoisotopic (exact) mass is 377 g/mol. The summed E-state index contributed by atoms with van der Waals surface area (Å²) in [5, 5.41) is 2.64. The first-order chi connectivity index (χ1) is 7.78. The molecule has 0 aromatic heterocycles. The van der Waals surface area contributed by atoms with E-state index in [1.54, 1.807) is 18.2 Å². The molecule has 0 aliphatic rings. The normalized spacial score (nSPS) is 11.4. The van der Waals surface area contributed by atoms with Crippen molar-refractivity contribution in [3.8, 4) is 0 Å². The zero-order valence-corrected chi connectivity index (χ0v) is 11.4. The van der Waals surface area contributed by atoms with Gasteiger partial charge in [-0.25, -0.2) is 0 Å². The second-order valence-corrected chi connectivity index (χ2v) is 4.94. The van der Waals surface area contributed by atoms with Crippen molar-refractivity contribution in [1.82, 2.24) is 0 Å². The van der Waals surface area contributed by atoms with Gasteiger partial charge in [0.2, 0.25) is 5.91 Å². The molecular formula is C10H8ClF3INO. The molecule has 0 spiro atoms. The lowest BCUT2D eigenvalue weighted by Gasteiger charge is -2.08. The molecule has 0 aliphatic heterocycles. The number of carbonyl (C=O) groups excluding carboxylic acids is 1. The average molecular weight is 378 g/mol. The van der Waals surface area contributed by atoms with Gasteiger partial charge in [0, 0.05) is 9.99 Å². The highest BCUT2D eigenvalue weighted by Crippen LogP contribution is 2.25. The summed E-state index contributed by atoms with van der Waals surface area (Å²) in [6, 6.07) is 4.86. The standard InChI is InChI=1S/C10H8ClF3INO/c11-7-5-6(15)1-2-8(7)16-9(17)3-4-10(12,13)14/h1-2,5H,3-4H2,(H,16,17). The Labute approximate surface area is 115 Å². The molecule has 94 valence electrons. The third-order valence-corrected chi connectivity index (χ3v) is 2.82. The highest BCUT2D eigenvalue weighted by atomic mass is 127. The molecule has 1 aromatic rings. The Balaban J connectivity index is 2.57. The van der Waals surface area contributed by atoms with Crippen LogP contribution < -0.4 is 5.32 Å². The first-order valence-corrected chi connectivity index (χ1v) is 6.05. The number of halogens is 5. The van der Waals surface area contributed by atoms with Gasteiger partial charge in [-0.15, -0.1) is 0 Å². The van der Waals surface area contributed by atoms with E-state index < -0.39 is 24.9 Å². The van der Waals surface area contributed by atoms with Crippen LogP contribution in [-0.4, -0.2) is 12.1 Å². The van der Waals surface area contributed by atoms with Crippen molar-refractivity contribution in [2.75, 3.05) is 5.32 Å². The van der Waals surface area contributed by atoms with Gasteiger partial charge in [0.25, 0.3) is 0 Å². The quantitative estimate of drug-likeness (QED) is 0.785. The zero-order valence-electron chi connectivity index (χ0n) is 8.44. The van der Waals surface area contributed by atoms with E-state index in [0.717, 1.165) is 3.57 Å². The summed E-state index contributed by atoms with van der Waals surface area (Å²) in [5.41, 5.74) is 0.319. The number of carbonyl (C=O) groups is 1.